The molecule has 3 aliphatic rings. The fourth-order valence-electron chi connectivity index (χ4n) is 2.81. The summed E-state index contributed by atoms with van der Waals surface area (Å²) < 4.78 is 0. The van der Waals surface area contributed by atoms with Crippen molar-refractivity contribution in [3.63, 3.8) is 0 Å². The molecule has 2 heterocycles. The minimum atomic E-state index is -1.05. The number of rotatable bonds is 1. The molecule has 1 fully saturated rings. The number of hydrogen-bond donors (Lipinski definition) is 4. The number of amides is 1. The van der Waals surface area contributed by atoms with Gasteiger partial charge in [-0.2, -0.15) is 0 Å². The number of aliphatic hydroxyl groups excluding tert-OH is 1. The van der Waals surface area contributed by atoms with Crippen LogP contribution in [0.4, 0.5) is 0 Å². The first-order valence-electron chi connectivity index (χ1n) is 6.50. The first-order valence-corrected chi connectivity index (χ1v) is 6.50. The highest BCUT2D eigenvalue weighted by molar-refractivity contribution is 6.41. The molecule has 3 rings (SSSR count). The summed E-state index contributed by atoms with van der Waals surface area (Å²) in [7, 11) is 0. The van der Waals surface area contributed by atoms with E-state index in [0.29, 0.717) is 11.3 Å². The number of hydrazine groups is 1. The molecule has 4 unspecified atom stereocenters. The van der Waals surface area contributed by atoms with Gasteiger partial charge in [-0.3, -0.25) is 25.3 Å². The standard InChI is InChI=1S/C12H15N5O4/c1-4-3-6-7(10(5(4)2)17(20)21)14-9-8(13-6)11(18)15-16-12(9)19/h3,7-8,10-11,13,15,18H,1-2H3,(H,16,19). The van der Waals surface area contributed by atoms with Gasteiger partial charge in [0.15, 0.2) is 6.04 Å². The zero-order chi connectivity index (χ0) is 15.3. The summed E-state index contributed by atoms with van der Waals surface area (Å²) in [6, 6.07) is -2.50. The summed E-state index contributed by atoms with van der Waals surface area (Å²) >= 11 is 0. The van der Waals surface area contributed by atoms with Gasteiger partial charge in [-0.25, -0.2) is 5.43 Å². The lowest BCUT2D eigenvalue weighted by molar-refractivity contribution is -0.514. The molecule has 0 bridgehead atoms. The third kappa shape index (κ3) is 2.01. The van der Waals surface area contributed by atoms with Crippen molar-refractivity contribution in [1.82, 2.24) is 16.2 Å². The monoisotopic (exact) mass is 293 g/mol. The van der Waals surface area contributed by atoms with Gasteiger partial charge in [-0.15, -0.1) is 0 Å². The number of nitrogens with zero attached hydrogens (tertiary/aromatic N) is 2. The Labute approximate surface area is 119 Å². The second kappa shape index (κ2) is 4.64. The molecule has 1 aliphatic carbocycles. The Morgan fingerprint density at radius 3 is 2.81 bits per heavy atom. The summed E-state index contributed by atoms with van der Waals surface area (Å²) in [5.41, 5.74) is 6.72. The quantitative estimate of drug-likeness (QED) is 0.347. The van der Waals surface area contributed by atoms with Crippen LogP contribution in [0.1, 0.15) is 13.8 Å². The number of nitro groups is 1. The highest BCUT2D eigenvalue weighted by Gasteiger charge is 2.46. The summed E-state index contributed by atoms with van der Waals surface area (Å²) in [4.78, 5) is 27.0. The van der Waals surface area contributed by atoms with E-state index in [2.05, 4.69) is 21.2 Å². The van der Waals surface area contributed by atoms with E-state index < -0.39 is 35.2 Å². The van der Waals surface area contributed by atoms with Crippen molar-refractivity contribution in [3.05, 3.63) is 33.0 Å². The van der Waals surface area contributed by atoms with Crippen LogP contribution < -0.4 is 16.2 Å². The normalized spacial score (nSPS) is 34.9. The Morgan fingerprint density at radius 2 is 2.14 bits per heavy atom. The summed E-state index contributed by atoms with van der Waals surface area (Å²) in [6.45, 7) is 3.48. The number of fused-ring (bicyclic) bond motifs is 2. The number of carbonyl (C=O) groups is 1. The van der Waals surface area contributed by atoms with Gasteiger partial charge in [-0.05, 0) is 25.5 Å². The zero-order valence-electron chi connectivity index (χ0n) is 11.5. The highest BCUT2D eigenvalue weighted by atomic mass is 16.6. The van der Waals surface area contributed by atoms with Crippen molar-refractivity contribution in [2.75, 3.05) is 0 Å². The Balaban J connectivity index is 2.08. The summed E-state index contributed by atoms with van der Waals surface area (Å²) in [5, 5.41) is 24.2. The van der Waals surface area contributed by atoms with Crippen LogP contribution in [-0.2, 0) is 4.79 Å². The van der Waals surface area contributed by atoms with Crippen LogP contribution in [0.2, 0.25) is 0 Å². The average molecular weight is 293 g/mol. The number of aliphatic imine (C=N–C) groups is 1. The van der Waals surface area contributed by atoms with Gasteiger partial charge in [0.2, 0.25) is 0 Å². The van der Waals surface area contributed by atoms with E-state index in [9.17, 15) is 20.0 Å². The molecule has 0 aromatic rings. The van der Waals surface area contributed by atoms with Gasteiger partial charge in [0.25, 0.3) is 11.9 Å². The molecule has 9 heteroatoms. The van der Waals surface area contributed by atoms with Gasteiger partial charge in [0, 0.05) is 16.2 Å². The predicted octanol–water partition coefficient (Wildman–Crippen LogP) is -1.40. The van der Waals surface area contributed by atoms with Crippen LogP contribution in [0, 0.1) is 10.1 Å². The maximum Gasteiger partial charge on any atom is 0.281 e. The molecule has 0 spiro atoms. The third-order valence-corrected chi connectivity index (χ3v) is 4.06. The van der Waals surface area contributed by atoms with Gasteiger partial charge < -0.3 is 10.4 Å². The molecule has 4 atom stereocenters. The van der Waals surface area contributed by atoms with Crippen LogP contribution in [0.5, 0.6) is 0 Å². The van der Waals surface area contributed by atoms with E-state index in [1.165, 1.54) is 0 Å². The van der Waals surface area contributed by atoms with E-state index in [4.69, 9.17) is 0 Å². The van der Waals surface area contributed by atoms with Crippen molar-refractivity contribution in [2.45, 2.75) is 38.2 Å². The molecule has 0 radical (unpaired) electrons. The molecule has 0 saturated carbocycles. The first-order chi connectivity index (χ1) is 9.90. The van der Waals surface area contributed by atoms with Gasteiger partial charge in [0.05, 0.1) is 0 Å². The van der Waals surface area contributed by atoms with Gasteiger partial charge in [-0.1, -0.05) is 0 Å². The van der Waals surface area contributed by atoms with E-state index in [1.54, 1.807) is 19.9 Å². The molecule has 112 valence electrons. The van der Waals surface area contributed by atoms with Gasteiger partial charge in [0.1, 0.15) is 18.0 Å². The first kappa shape index (κ1) is 13.7. The largest absolute Gasteiger partial charge is 0.374 e. The van der Waals surface area contributed by atoms with E-state index in [-0.39, 0.29) is 5.71 Å². The third-order valence-electron chi connectivity index (χ3n) is 4.06. The topological polar surface area (TPSA) is 129 Å². The van der Waals surface area contributed by atoms with Crippen molar-refractivity contribution in [1.29, 1.82) is 0 Å². The Morgan fingerprint density at radius 1 is 1.43 bits per heavy atom. The number of nitrogens with one attached hydrogen (secondary N) is 3. The fraction of sp³-hybridized carbons (Fsp3) is 0.500. The molecule has 0 aromatic carbocycles. The van der Waals surface area contributed by atoms with Gasteiger partial charge >= 0.3 is 0 Å². The zero-order valence-corrected chi connectivity index (χ0v) is 11.5. The average Bonchev–Trinajstić information content (AvgIpc) is 2.43. The Hall–Kier alpha value is -2.26. The van der Waals surface area contributed by atoms with Crippen molar-refractivity contribution in [2.24, 2.45) is 4.99 Å². The van der Waals surface area contributed by atoms with Crippen LogP contribution in [0.25, 0.3) is 0 Å². The van der Waals surface area contributed by atoms with Crippen molar-refractivity contribution >= 4 is 11.6 Å². The molecule has 21 heavy (non-hydrogen) atoms. The fourth-order valence-corrected chi connectivity index (χ4v) is 2.81. The van der Waals surface area contributed by atoms with E-state index in [0.717, 1.165) is 5.57 Å². The van der Waals surface area contributed by atoms with E-state index in [1.807, 2.05) is 0 Å². The second-order valence-corrected chi connectivity index (χ2v) is 5.32. The Bertz CT molecular complexity index is 623. The number of hydrogen-bond acceptors (Lipinski definition) is 7. The maximum atomic E-state index is 11.8. The smallest absolute Gasteiger partial charge is 0.281 e. The van der Waals surface area contributed by atoms with E-state index >= 15 is 0 Å². The van der Waals surface area contributed by atoms with Crippen LogP contribution >= 0.6 is 0 Å². The van der Waals surface area contributed by atoms with Crippen molar-refractivity contribution < 1.29 is 14.8 Å². The summed E-state index contributed by atoms with van der Waals surface area (Å²) in [5.74, 6) is -0.497. The van der Waals surface area contributed by atoms with Crippen molar-refractivity contribution in [3.8, 4) is 0 Å². The van der Waals surface area contributed by atoms with Crippen LogP contribution in [-0.4, -0.2) is 46.0 Å². The highest BCUT2D eigenvalue weighted by Crippen LogP contribution is 2.30. The van der Waals surface area contributed by atoms with Crippen LogP contribution in [0.3, 0.4) is 0 Å². The lowest BCUT2D eigenvalue weighted by Gasteiger charge is -2.39. The Kier molecular flexibility index (Phi) is 3.03. The molecule has 1 saturated heterocycles. The SMILES string of the molecule is CC1=C(C)C([N+](=O)[O-])C2N=C3C(=O)NNC(O)C3NC2=C1. The summed E-state index contributed by atoms with van der Waals surface area (Å²) in [6.07, 6.45) is 0.726. The molecule has 1 amide bonds. The molecular formula is C12H15N5O4. The molecular weight excluding hydrogens is 278 g/mol. The lowest BCUT2D eigenvalue weighted by atomic mass is 9.86. The van der Waals surface area contributed by atoms with Crippen LogP contribution in [0.15, 0.2) is 27.9 Å². The predicted molar refractivity (Wildman–Crippen MR) is 72.7 cm³/mol. The molecule has 0 aromatic heterocycles. The minimum absolute atomic E-state index is 0.0719. The number of allylic oxidation sites excluding steroid dienone is 2. The number of carbonyl (C=O) groups excluding carboxylic acids is 1. The lowest BCUT2D eigenvalue weighted by Crippen LogP contribution is -2.69. The maximum absolute atomic E-state index is 11.8. The molecule has 4 N–H and O–H groups in total. The number of aliphatic hydroxyl groups is 1. The second-order valence-electron chi connectivity index (χ2n) is 5.32. The molecule has 9 nitrogen and oxygen atoms in total. The minimum Gasteiger partial charge on any atom is -0.374 e. The molecule has 2 aliphatic heterocycles.